The van der Waals surface area contributed by atoms with Gasteiger partial charge in [-0.3, -0.25) is 9.89 Å². The van der Waals surface area contributed by atoms with Crippen molar-refractivity contribution in [1.29, 1.82) is 0 Å². The number of hydrogen-bond donors (Lipinski definition) is 3. The molecule has 3 N–H and O–H groups in total. The van der Waals surface area contributed by atoms with Crippen molar-refractivity contribution in [3.8, 4) is 0 Å². The van der Waals surface area contributed by atoms with Crippen molar-refractivity contribution in [2.45, 2.75) is 12.8 Å². The van der Waals surface area contributed by atoms with Gasteiger partial charge in [-0.25, -0.2) is 0 Å². The number of nitrogens with zero attached hydrogens (tertiary/aromatic N) is 1. The Hall–Kier alpha value is -1.88. The Balaban J connectivity index is 1.62. The smallest absolute Gasteiger partial charge is 0.251 e. The molecule has 2 aromatic rings. The molecule has 0 bridgehead atoms. The van der Waals surface area contributed by atoms with Crippen molar-refractivity contribution < 1.29 is 4.79 Å². The van der Waals surface area contributed by atoms with E-state index >= 15 is 0 Å². The molecule has 1 saturated heterocycles. The summed E-state index contributed by atoms with van der Waals surface area (Å²) in [5.74, 6) is 0.538. The summed E-state index contributed by atoms with van der Waals surface area (Å²) >= 11 is 0. The number of carbonyl (C=O) groups excluding carboxylic acids is 1. The highest BCUT2D eigenvalue weighted by molar-refractivity contribution is 5.97. The van der Waals surface area contributed by atoms with Gasteiger partial charge < -0.3 is 10.6 Å². The van der Waals surface area contributed by atoms with Crippen molar-refractivity contribution >= 4 is 16.8 Å². The normalized spacial score (nSPS) is 19.5. The van der Waals surface area contributed by atoms with Gasteiger partial charge in [0.05, 0.1) is 11.7 Å². The molecule has 0 aliphatic carbocycles. The average Bonchev–Trinajstić information content (AvgIpc) is 2.93. The zero-order chi connectivity index (χ0) is 13.1. The highest BCUT2D eigenvalue weighted by atomic mass is 16.1. The standard InChI is InChI=1S/C14H18N4O/c19-14(16-8-10-2-1-5-15-7-10)11-3-4-12-9-17-18-13(12)6-11/h3-4,6,9-10,15H,1-2,5,7-8H2,(H,16,19)(H,17,18). The largest absolute Gasteiger partial charge is 0.352 e. The predicted octanol–water partition coefficient (Wildman–Crippen LogP) is 1.29. The molecule has 0 radical (unpaired) electrons. The quantitative estimate of drug-likeness (QED) is 0.777. The van der Waals surface area contributed by atoms with Crippen LogP contribution in [-0.2, 0) is 0 Å². The minimum absolute atomic E-state index is 0.0120. The van der Waals surface area contributed by atoms with Crippen LogP contribution in [0.1, 0.15) is 23.2 Å². The lowest BCUT2D eigenvalue weighted by Crippen LogP contribution is -2.38. The van der Waals surface area contributed by atoms with Crippen LogP contribution in [0.15, 0.2) is 24.4 Å². The number of rotatable bonds is 3. The first-order chi connectivity index (χ1) is 9.33. The van der Waals surface area contributed by atoms with Crippen LogP contribution in [-0.4, -0.2) is 35.7 Å². The number of benzene rings is 1. The zero-order valence-corrected chi connectivity index (χ0v) is 10.8. The van der Waals surface area contributed by atoms with Crippen LogP contribution < -0.4 is 10.6 Å². The number of amides is 1. The van der Waals surface area contributed by atoms with Crippen LogP contribution in [0.3, 0.4) is 0 Å². The molecule has 1 fully saturated rings. The summed E-state index contributed by atoms with van der Waals surface area (Å²) in [6.07, 6.45) is 4.14. The second-order valence-electron chi connectivity index (χ2n) is 5.09. The number of aromatic nitrogens is 2. The fourth-order valence-corrected chi connectivity index (χ4v) is 2.52. The Bertz CT molecular complexity index is 572. The van der Waals surface area contributed by atoms with Gasteiger partial charge in [0.2, 0.25) is 0 Å². The first kappa shape index (κ1) is 12.2. The molecule has 0 spiro atoms. The first-order valence-corrected chi connectivity index (χ1v) is 6.75. The Morgan fingerprint density at radius 1 is 1.47 bits per heavy atom. The number of nitrogens with one attached hydrogen (secondary N) is 3. The molecule has 1 aromatic carbocycles. The van der Waals surface area contributed by atoms with E-state index in [1.165, 1.54) is 12.8 Å². The second kappa shape index (κ2) is 5.40. The Morgan fingerprint density at radius 3 is 3.26 bits per heavy atom. The van der Waals surface area contributed by atoms with Crippen LogP contribution in [0.25, 0.3) is 10.9 Å². The van der Waals surface area contributed by atoms with Gasteiger partial charge in [0, 0.05) is 17.5 Å². The number of piperidine rings is 1. The van der Waals surface area contributed by atoms with Gasteiger partial charge in [0.1, 0.15) is 0 Å². The minimum Gasteiger partial charge on any atom is -0.352 e. The molecule has 100 valence electrons. The van der Waals surface area contributed by atoms with E-state index in [4.69, 9.17) is 0 Å². The molecule has 0 saturated carbocycles. The Morgan fingerprint density at radius 2 is 2.42 bits per heavy atom. The van der Waals surface area contributed by atoms with Gasteiger partial charge in [-0.15, -0.1) is 0 Å². The summed E-state index contributed by atoms with van der Waals surface area (Å²) in [5, 5.41) is 14.2. The van der Waals surface area contributed by atoms with Crippen LogP contribution in [0.4, 0.5) is 0 Å². The molecular weight excluding hydrogens is 240 g/mol. The number of H-pyrrole nitrogens is 1. The predicted molar refractivity (Wildman–Crippen MR) is 74.0 cm³/mol. The zero-order valence-electron chi connectivity index (χ0n) is 10.8. The number of aromatic amines is 1. The van der Waals surface area contributed by atoms with Crippen LogP contribution in [0, 0.1) is 5.92 Å². The van der Waals surface area contributed by atoms with Crippen molar-refractivity contribution in [2.75, 3.05) is 19.6 Å². The number of fused-ring (bicyclic) bond motifs is 1. The molecule has 1 unspecified atom stereocenters. The minimum atomic E-state index is -0.0120. The van der Waals surface area contributed by atoms with E-state index < -0.39 is 0 Å². The summed E-state index contributed by atoms with van der Waals surface area (Å²) < 4.78 is 0. The van der Waals surface area contributed by atoms with Gasteiger partial charge in [-0.2, -0.15) is 5.10 Å². The van der Waals surface area contributed by atoms with Crippen molar-refractivity contribution in [3.63, 3.8) is 0 Å². The fourth-order valence-electron chi connectivity index (χ4n) is 2.52. The maximum absolute atomic E-state index is 12.1. The van der Waals surface area contributed by atoms with Gasteiger partial charge in [-0.05, 0) is 44.0 Å². The fraction of sp³-hybridized carbons (Fsp3) is 0.429. The van der Waals surface area contributed by atoms with Gasteiger partial charge in [0.15, 0.2) is 0 Å². The lowest BCUT2D eigenvalue weighted by molar-refractivity contribution is 0.0945. The number of carbonyl (C=O) groups is 1. The number of hydrogen-bond acceptors (Lipinski definition) is 3. The summed E-state index contributed by atoms with van der Waals surface area (Å²) in [6.45, 7) is 2.84. The molecule has 1 aliphatic rings. The Kier molecular flexibility index (Phi) is 3.46. The molecule has 1 atom stereocenters. The monoisotopic (exact) mass is 258 g/mol. The van der Waals surface area contributed by atoms with E-state index in [9.17, 15) is 4.79 Å². The van der Waals surface area contributed by atoms with Crippen LogP contribution >= 0.6 is 0 Å². The van der Waals surface area contributed by atoms with E-state index in [1.807, 2.05) is 18.2 Å². The highest BCUT2D eigenvalue weighted by Crippen LogP contribution is 2.13. The second-order valence-corrected chi connectivity index (χ2v) is 5.09. The van der Waals surface area contributed by atoms with Crippen molar-refractivity contribution in [3.05, 3.63) is 30.0 Å². The summed E-state index contributed by atoms with van der Waals surface area (Å²) in [7, 11) is 0. The summed E-state index contributed by atoms with van der Waals surface area (Å²) in [6, 6.07) is 5.60. The maximum atomic E-state index is 12.1. The molecule has 5 nitrogen and oxygen atoms in total. The van der Waals surface area contributed by atoms with Crippen molar-refractivity contribution in [1.82, 2.24) is 20.8 Å². The Labute approximate surface area is 111 Å². The highest BCUT2D eigenvalue weighted by Gasteiger charge is 2.14. The third-order valence-corrected chi connectivity index (χ3v) is 3.65. The van der Waals surface area contributed by atoms with Crippen LogP contribution in [0.2, 0.25) is 0 Å². The van der Waals surface area contributed by atoms with E-state index in [-0.39, 0.29) is 5.91 Å². The molecule has 5 heteroatoms. The molecule has 1 aliphatic heterocycles. The van der Waals surface area contributed by atoms with E-state index in [0.717, 1.165) is 30.5 Å². The van der Waals surface area contributed by atoms with Crippen molar-refractivity contribution in [2.24, 2.45) is 5.92 Å². The van der Waals surface area contributed by atoms with Gasteiger partial charge in [0.25, 0.3) is 5.91 Å². The summed E-state index contributed by atoms with van der Waals surface area (Å²) in [5.41, 5.74) is 1.58. The van der Waals surface area contributed by atoms with E-state index in [2.05, 4.69) is 20.8 Å². The third kappa shape index (κ3) is 2.76. The molecule has 1 aromatic heterocycles. The van der Waals surface area contributed by atoms with Gasteiger partial charge in [-0.1, -0.05) is 6.07 Å². The van der Waals surface area contributed by atoms with E-state index in [0.29, 0.717) is 11.5 Å². The lowest BCUT2D eigenvalue weighted by Gasteiger charge is -2.22. The molecule has 3 rings (SSSR count). The lowest BCUT2D eigenvalue weighted by atomic mass is 9.99. The van der Waals surface area contributed by atoms with Gasteiger partial charge >= 0.3 is 0 Å². The topological polar surface area (TPSA) is 69.8 Å². The SMILES string of the molecule is O=C(NCC1CCCNC1)c1ccc2cn[nH]c2c1. The maximum Gasteiger partial charge on any atom is 0.251 e. The van der Waals surface area contributed by atoms with E-state index in [1.54, 1.807) is 6.20 Å². The third-order valence-electron chi connectivity index (χ3n) is 3.65. The average molecular weight is 258 g/mol. The molecule has 2 heterocycles. The van der Waals surface area contributed by atoms with Crippen LogP contribution in [0.5, 0.6) is 0 Å². The molecule has 1 amide bonds. The molecule has 19 heavy (non-hydrogen) atoms. The first-order valence-electron chi connectivity index (χ1n) is 6.75. The molecular formula is C14H18N4O. The summed E-state index contributed by atoms with van der Waals surface area (Å²) in [4.78, 5) is 12.1.